The minimum absolute atomic E-state index is 0.0214. The Morgan fingerprint density at radius 2 is 1.72 bits per heavy atom. The van der Waals surface area contributed by atoms with E-state index >= 15 is 0 Å². The molecule has 0 aliphatic carbocycles. The maximum atomic E-state index is 12.9. The topological polar surface area (TPSA) is 80.0 Å². The lowest BCUT2D eigenvalue weighted by Crippen LogP contribution is -2.22. The standard InChI is InChI=1S/C16H13FN4O2.C2H6/c1-21-15(23)13(14-7-6-12(22)8-18-14)9-19-16(21)20-11-4-2-10(17)3-5-11;1-2/h2-9,22H,1H3,(H,19,20);1-2H3. The molecule has 0 fully saturated rings. The number of anilines is 2. The van der Waals surface area contributed by atoms with Gasteiger partial charge in [0, 0.05) is 18.9 Å². The van der Waals surface area contributed by atoms with E-state index in [4.69, 9.17) is 0 Å². The summed E-state index contributed by atoms with van der Waals surface area (Å²) < 4.78 is 14.3. The number of hydrogen-bond donors (Lipinski definition) is 2. The molecule has 2 aromatic heterocycles. The van der Waals surface area contributed by atoms with Crippen molar-refractivity contribution in [1.29, 1.82) is 0 Å². The van der Waals surface area contributed by atoms with Crippen LogP contribution in [0.4, 0.5) is 16.0 Å². The monoisotopic (exact) mass is 342 g/mol. The van der Waals surface area contributed by atoms with Crippen LogP contribution >= 0.6 is 0 Å². The predicted molar refractivity (Wildman–Crippen MR) is 95.4 cm³/mol. The zero-order chi connectivity index (χ0) is 18.4. The maximum absolute atomic E-state index is 12.9. The first kappa shape index (κ1) is 18.1. The number of halogens is 1. The maximum Gasteiger partial charge on any atom is 0.264 e. The molecule has 130 valence electrons. The normalized spacial score (nSPS) is 9.92. The van der Waals surface area contributed by atoms with Crippen molar-refractivity contribution in [2.24, 2.45) is 7.05 Å². The Balaban J connectivity index is 0.00000109. The Bertz CT molecular complexity index is 890. The average molecular weight is 342 g/mol. The van der Waals surface area contributed by atoms with E-state index in [1.54, 1.807) is 25.2 Å². The molecule has 0 saturated heterocycles. The molecule has 0 atom stereocenters. The Morgan fingerprint density at radius 1 is 1.04 bits per heavy atom. The lowest BCUT2D eigenvalue weighted by molar-refractivity contribution is 0.473. The van der Waals surface area contributed by atoms with Crippen LogP contribution in [0.2, 0.25) is 0 Å². The minimum Gasteiger partial charge on any atom is -0.506 e. The fourth-order valence-electron chi connectivity index (χ4n) is 2.04. The molecule has 3 rings (SSSR count). The van der Waals surface area contributed by atoms with E-state index in [1.165, 1.54) is 35.2 Å². The van der Waals surface area contributed by atoms with Gasteiger partial charge in [-0.1, -0.05) is 13.8 Å². The molecule has 6 nitrogen and oxygen atoms in total. The summed E-state index contributed by atoms with van der Waals surface area (Å²) in [6.07, 6.45) is 2.67. The van der Waals surface area contributed by atoms with E-state index in [0.29, 0.717) is 22.9 Å². The van der Waals surface area contributed by atoms with Crippen molar-refractivity contribution in [2.75, 3.05) is 5.32 Å². The zero-order valence-electron chi connectivity index (χ0n) is 14.2. The number of benzene rings is 1. The third-order valence-electron chi connectivity index (χ3n) is 3.29. The van der Waals surface area contributed by atoms with Crippen LogP contribution in [-0.4, -0.2) is 19.6 Å². The molecule has 0 bridgehead atoms. The van der Waals surface area contributed by atoms with Crippen molar-refractivity contribution in [2.45, 2.75) is 13.8 Å². The molecule has 0 amide bonds. The lowest BCUT2D eigenvalue weighted by atomic mass is 10.2. The van der Waals surface area contributed by atoms with E-state index in [1.807, 2.05) is 13.8 Å². The third kappa shape index (κ3) is 4.20. The van der Waals surface area contributed by atoms with Crippen LogP contribution in [0, 0.1) is 5.82 Å². The summed E-state index contributed by atoms with van der Waals surface area (Å²) in [6, 6.07) is 8.73. The van der Waals surface area contributed by atoms with Crippen LogP contribution in [0.15, 0.2) is 53.6 Å². The summed E-state index contributed by atoms with van der Waals surface area (Å²) in [5.41, 5.74) is 1.06. The molecule has 25 heavy (non-hydrogen) atoms. The van der Waals surface area contributed by atoms with E-state index in [-0.39, 0.29) is 17.1 Å². The summed E-state index contributed by atoms with van der Waals surface area (Å²) in [7, 11) is 1.57. The molecule has 0 aliphatic rings. The smallest absolute Gasteiger partial charge is 0.264 e. The van der Waals surface area contributed by atoms with Gasteiger partial charge < -0.3 is 10.4 Å². The largest absolute Gasteiger partial charge is 0.506 e. The molecular formula is C18H19FN4O2. The summed E-state index contributed by atoms with van der Waals surface area (Å²) >= 11 is 0. The average Bonchev–Trinajstić information content (AvgIpc) is 2.64. The zero-order valence-corrected chi connectivity index (χ0v) is 14.2. The van der Waals surface area contributed by atoms with Crippen LogP contribution in [0.5, 0.6) is 5.75 Å². The number of rotatable bonds is 3. The SMILES string of the molecule is CC.Cn1c(Nc2ccc(F)cc2)ncc(-c2ccc(O)cn2)c1=O. The molecule has 0 saturated carbocycles. The van der Waals surface area contributed by atoms with Crippen LogP contribution in [-0.2, 0) is 7.05 Å². The summed E-state index contributed by atoms with van der Waals surface area (Å²) in [5, 5.41) is 12.2. The number of aromatic nitrogens is 3. The highest BCUT2D eigenvalue weighted by molar-refractivity contribution is 5.60. The van der Waals surface area contributed by atoms with Gasteiger partial charge in [0.1, 0.15) is 11.6 Å². The van der Waals surface area contributed by atoms with E-state index < -0.39 is 0 Å². The highest BCUT2D eigenvalue weighted by Gasteiger charge is 2.10. The van der Waals surface area contributed by atoms with Crippen molar-refractivity contribution in [3.05, 3.63) is 65.0 Å². The molecule has 7 heteroatoms. The number of pyridine rings is 1. The van der Waals surface area contributed by atoms with Gasteiger partial charge in [-0.25, -0.2) is 9.37 Å². The second-order valence-electron chi connectivity index (χ2n) is 4.89. The summed E-state index contributed by atoms with van der Waals surface area (Å²) in [6.45, 7) is 4.00. The van der Waals surface area contributed by atoms with Crippen molar-refractivity contribution < 1.29 is 9.50 Å². The van der Waals surface area contributed by atoms with Gasteiger partial charge in [-0.15, -0.1) is 0 Å². The lowest BCUT2D eigenvalue weighted by Gasteiger charge is -2.11. The van der Waals surface area contributed by atoms with Gasteiger partial charge in [-0.3, -0.25) is 14.3 Å². The van der Waals surface area contributed by atoms with Crippen LogP contribution in [0.1, 0.15) is 13.8 Å². The van der Waals surface area contributed by atoms with E-state index in [2.05, 4.69) is 15.3 Å². The van der Waals surface area contributed by atoms with E-state index in [0.717, 1.165) is 0 Å². The Kier molecular flexibility index (Phi) is 5.84. The highest BCUT2D eigenvalue weighted by atomic mass is 19.1. The van der Waals surface area contributed by atoms with Gasteiger partial charge in [0.15, 0.2) is 0 Å². The van der Waals surface area contributed by atoms with Gasteiger partial charge in [0.05, 0.1) is 17.5 Å². The van der Waals surface area contributed by atoms with Gasteiger partial charge in [-0.2, -0.15) is 0 Å². The molecule has 0 radical (unpaired) electrons. The highest BCUT2D eigenvalue weighted by Crippen LogP contribution is 2.17. The molecule has 0 aliphatic heterocycles. The first-order chi connectivity index (χ1) is 12.0. The molecular weight excluding hydrogens is 323 g/mol. The van der Waals surface area contributed by atoms with Crippen molar-refractivity contribution in [1.82, 2.24) is 14.5 Å². The predicted octanol–water partition coefficient (Wildman–Crippen LogP) is 3.46. The second-order valence-corrected chi connectivity index (χ2v) is 4.89. The fraction of sp³-hybridized carbons (Fsp3) is 0.167. The molecule has 0 spiro atoms. The first-order valence-corrected chi connectivity index (χ1v) is 7.78. The second kappa shape index (κ2) is 8.05. The van der Waals surface area contributed by atoms with Gasteiger partial charge in [0.25, 0.3) is 5.56 Å². The molecule has 2 heterocycles. The van der Waals surface area contributed by atoms with Crippen LogP contribution in [0.3, 0.4) is 0 Å². The number of hydrogen-bond acceptors (Lipinski definition) is 5. The Morgan fingerprint density at radius 3 is 2.32 bits per heavy atom. The van der Waals surface area contributed by atoms with Crippen molar-refractivity contribution >= 4 is 11.6 Å². The van der Waals surface area contributed by atoms with Crippen molar-refractivity contribution in [3.63, 3.8) is 0 Å². The summed E-state index contributed by atoms with van der Waals surface area (Å²) in [5.74, 6) is 0.00316. The van der Waals surface area contributed by atoms with Crippen LogP contribution in [0.25, 0.3) is 11.3 Å². The van der Waals surface area contributed by atoms with Crippen molar-refractivity contribution in [3.8, 4) is 17.0 Å². The van der Waals surface area contributed by atoms with E-state index in [9.17, 15) is 14.3 Å². The summed E-state index contributed by atoms with van der Waals surface area (Å²) in [4.78, 5) is 20.7. The Hall–Kier alpha value is -3.22. The quantitative estimate of drug-likeness (QED) is 0.762. The number of nitrogens with one attached hydrogen (secondary N) is 1. The third-order valence-corrected chi connectivity index (χ3v) is 3.29. The fourth-order valence-corrected chi connectivity index (χ4v) is 2.04. The molecule has 1 aromatic carbocycles. The van der Waals surface area contributed by atoms with Gasteiger partial charge in [-0.05, 0) is 36.4 Å². The van der Waals surface area contributed by atoms with Crippen LogP contribution < -0.4 is 10.9 Å². The minimum atomic E-state index is -0.342. The number of aromatic hydroxyl groups is 1. The van der Waals surface area contributed by atoms with Gasteiger partial charge in [0.2, 0.25) is 5.95 Å². The number of nitrogens with zero attached hydrogens (tertiary/aromatic N) is 3. The molecule has 0 unspecified atom stereocenters. The molecule has 2 N–H and O–H groups in total. The first-order valence-electron chi connectivity index (χ1n) is 7.78. The molecule has 3 aromatic rings. The van der Waals surface area contributed by atoms with Gasteiger partial charge >= 0.3 is 0 Å². The Labute approximate surface area is 144 Å².